The molecule has 0 N–H and O–H groups in total. The van der Waals surface area contributed by atoms with Crippen molar-refractivity contribution >= 4 is 33.9 Å². The Labute approximate surface area is 202 Å². The second-order valence-corrected chi connectivity index (χ2v) is 8.71. The molecule has 0 unspecified atom stereocenters. The standard InChI is InChI=1S/C26H24N6O3/c1-15-6-20-21(31(4)26(15)34)8-18(35-5)9-22(20)32-14-25(33)30(3)23-10-19(16(11-27)7-24(23)32)17-12-28-29(2)13-17/h6-10,12-13H,14H2,1-5H3. The molecule has 1 amide bonds. The van der Waals surface area contributed by atoms with Crippen molar-refractivity contribution in [2.24, 2.45) is 14.1 Å². The predicted octanol–water partition coefficient (Wildman–Crippen LogP) is 3.24. The molecule has 5 rings (SSSR count). The van der Waals surface area contributed by atoms with E-state index >= 15 is 0 Å². The quantitative estimate of drug-likeness (QED) is 0.458. The van der Waals surface area contributed by atoms with Gasteiger partial charge in [0.1, 0.15) is 12.3 Å². The SMILES string of the molecule is COc1cc(N2CC(=O)N(C)c3cc(-c4cnn(C)c4)c(C#N)cc32)c2cc(C)c(=O)n(C)c2c1. The fourth-order valence-corrected chi connectivity index (χ4v) is 4.65. The maximum atomic E-state index is 13.1. The van der Waals surface area contributed by atoms with Crippen molar-refractivity contribution in [2.75, 3.05) is 30.5 Å². The maximum absolute atomic E-state index is 13.1. The molecular formula is C26H24N6O3. The zero-order chi connectivity index (χ0) is 25.0. The number of benzene rings is 2. The third kappa shape index (κ3) is 3.42. The molecule has 0 fully saturated rings. The number of fused-ring (bicyclic) bond motifs is 2. The van der Waals surface area contributed by atoms with E-state index in [2.05, 4.69) is 11.2 Å². The molecule has 0 saturated carbocycles. The smallest absolute Gasteiger partial charge is 0.253 e. The lowest BCUT2D eigenvalue weighted by Gasteiger charge is -2.37. The summed E-state index contributed by atoms with van der Waals surface area (Å²) in [5.41, 5.74) is 5.27. The van der Waals surface area contributed by atoms with E-state index in [0.29, 0.717) is 33.6 Å². The van der Waals surface area contributed by atoms with E-state index in [1.807, 2.05) is 42.4 Å². The molecule has 3 heterocycles. The van der Waals surface area contributed by atoms with Crippen molar-refractivity contribution in [1.82, 2.24) is 14.3 Å². The van der Waals surface area contributed by atoms with Gasteiger partial charge < -0.3 is 19.1 Å². The van der Waals surface area contributed by atoms with Crippen LogP contribution in [0.1, 0.15) is 11.1 Å². The molecule has 0 saturated heterocycles. The molecule has 0 spiro atoms. The Kier molecular flexibility index (Phi) is 5.09. The molecule has 9 nitrogen and oxygen atoms in total. The molecule has 9 heteroatoms. The van der Waals surface area contributed by atoms with Crippen LogP contribution in [0.4, 0.5) is 17.1 Å². The molecule has 2 aromatic carbocycles. The number of rotatable bonds is 3. The van der Waals surface area contributed by atoms with E-state index in [4.69, 9.17) is 4.74 Å². The lowest BCUT2D eigenvalue weighted by Crippen LogP contribution is -2.42. The van der Waals surface area contributed by atoms with Gasteiger partial charge in [0.2, 0.25) is 5.91 Å². The predicted molar refractivity (Wildman–Crippen MR) is 134 cm³/mol. The zero-order valence-corrected chi connectivity index (χ0v) is 20.2. The Morgan fingerprint density at radius 1 is 1.03 bits per heavy atom. The lowest BCUT2D eigenvalue weighted by molar-refractivity contribution is -0.117. The van der Waals surface area contributed by atoms with E-state index in [0.717, 1.165) is 22.3 Å². The number of carbonyl (C=O) groups is 1. The van der Waals surface area contributed by atoms with Gasteiger partial charge in [0, 0.05) is 61.5 Å². The fraction of sp³-hybridized carbons (Fsp3) is 0.231. The van der Waals surface area contributed by atoms with Crippen molar-refractivity contribution in [3.05, 3.63) is 64.2 Å². The van der Waals surface area contributed by atoms with Crippen LogP contribution in [0.5, 0.6) is 5.75 Å². The minimum Gasteiger partial charge on any atom is -0.497 e. The first-order chi connectivity index (χ1) is 16.7. The minimum atomic E-state index is -0.100. The zero-order valence-electron chi connectivity index (χ0n) is 20.2. The normalized spacial score (nSPS) is 13.2. The van der Waals surface area contributed by atoms with E-state index in [1.165, 1.54) is 0 Å². The third-order valence-electron chi connectivity index (χ3n) is 6.57. The van der Waals surface area contributed by atoms with Gasteiger partial charge in [-0.15, -0.1) is 0 Å². The minimum absolute atomic E-state index is 0.0742. The van der Waals surface area contributed by atoms with Crippen LogP contribution in [0.15, 0.2) is 47.5 Å². The number of ether oxygens (including phenoxy) is 1. The van der Waals surface area contributed by atoms with Crippen LogP contribution in [-0.2, 0) is 18.9 Å². The molecule has 35 heavy (non-hydrogen) atoms. The van der Waals surface area contributed by atoms with Gasteiger partial charge in [-0.25, -0.2) is 0 Å². The van der Waals surface area contributed by atoms with Crippen molar-refractivity contribution in [1.29, 1.82) is 5.26 Å². The second-order valence-electron chi connectivity index (χ2n) is 8.71. The second kappa shape index (κ2) is 8.02. The number of carbonyl (C=O) groups excluding carboxylic acids is 1. The van der Waals surface area contributed by atoms with Crippen molar-refractivity contribution in [2.45, 2.75) is 6.92 Å². The van der Waals surface area contributed by atoms with Crippen LogP contribution in [0, 0.1) is 18.3 Å². The first-order valence-corrected chi connectivity index (χ1v) is 11.0. The van der Waals surface area contributed by atoms with Crippen LogP contribution < -0.4 is 20.1 Å². The summed E-state index contributed by atoms with van der Waals surface area (Å²) in [5, 5.41) is 15.0. The number of nitrogens with zero attached hydrogens (tertiary/aromatic N) is 6. The van der Waals surface area contributed by atoms with Gasteiger partial charge in [-0.05, 0) is 25.1 Å². The van der Waals surface area contributed by atoms with Crippen LogP contribution in [-0.4, -0.2) is 41.0 Å². The summed E-state index contributed by atoms with van der Waals surface area (Å²) in [6.45, 7) is 1.84. The molecule has 0 bridgehead atoms. The average molecular weight is 469 g/mol. The Morgan fingerprint density at radius 3 is 2.46 bits per heavy atom. The van der Waals surface area contributed by atoms with E-state index in [9.17, 15) is 14.9 Å². The topological polar surface area (TPSA) is 96.4 Å². The number of aromatic nitrogens is 3. The molecule has 1 aliphatic rings. The fourth-order valence-electron chi connectivity index (χ4n) is 4.65. The van der Waals surface area contributed by atoms with Crippen LogP contribution in [0.2, 0.25) is 0 Å². The summed E-state index contributed by atoms with van der Waals surface area (Å²) >= 11 is 0. The van der Waals surface area contributed by atoms with Crippen LogP contribution >= 0.6 is 0 Å². The molecule has 1 aliphatic heterocycles. The van der Waals surface area contributed by atoms with Gasteiger partial charge in [-0.1, -0.05) is 0 Å². The Bertz CT molecular complexity index is 1630. The number of likely N-dealkylation sites (N-methyl/N-ethyl adjacent to an activating group) is 1. The summed E-state index contributed by atoms with van der Waals surface area (Å²) in [6, 6.07) is 11.5. The lowest BCUT2D eigenvalue weighted by atomic mass is 9.98. The Morgan fingerprint density at radius 2 is 1.80 bits per heavy atom. The number of pyridine rings is 1. The highest BCUT2D eigenvalue weighted by atomic mass is 16.5. The number of anilines is 3. The molecule has 4 aromatic rings. The Hall–Kier alpha value is -4.58. The molecule has 2 aromatic heterocycles. The summed E-state index contributed by atoms with van der Waals surface area (Å²) in [6.07, 6.45) is 3.54. The average Bonchev–Trinajstić information content (AvgIpc) is 3.29. The van der Waals surface area contributed by atoms with E-state index < -0.39 is 0 Å². The van der Waals surface area contributed by atoms with Gasteiger partial charge in [-0.2, -0.15) is 10.4 Å². The van der Waals surface area contributed by atoms with Gasteiger partial charge in [0.15, 0.2) is 0 Å². The number of amides is 1. The van der Waals surface area contributed by atoms with E-state index in [1.54, 1.807) is 54.5 Å². The number of methoxy groups -OCH3 is 1. The largest absolute Gasteiger partial charge is 0.497 e. The highest BCUT2D eigenvalue weighted by Crippen LogP contribution is 2.44. The van der Waals surface area contributed by atoms with E-state index in [-0.39, 0.29) is 18.0 Å². The van der Waals surface area contributed by atoms with Crippen molar-refractivity contribution in [3.8, 4) is 22.9 Å². The highest BCUT2D eigenvalue weighted by molar-refractivity contribution is 6.09. The van der Waals surface area contributed by atoms with Gasteiger partial charge in [-0.3, -0.25) is 14.3 Å². The Balaban J connectivity index is 1.81. The first kappa shape index (κ1) is 22.2. The summed E-state index contributed by atoms with van der Waals surface area (Å²) in [7, 11) is 6.83. The molecular weight excluding hydrogens is 444 g/mol. The highest BCUT2D eigenvalue weighted by Gasteiger charge is 2.31. The molecule has 0 atom stereocenters. The van der Waals surface area contributed by atoms with Gasteiger partial charge in [0.05, 0.1) is 47.5 Å². The third-order valence-corrected chi connectivity index (χ3v) is 6.57. The van der Waals surface area contributed by atoms with Gasteiger partial charge >= 0.3 is 0 Å². The van der Waals surface area contributed by atoms with Gasteiger partial charge in [0.25, 0.3) is 5.56 Å². The van der Waals surface area contributed by atoms with Crippen LogP contribution in [0.3, 0.4) is 0 Å². The monoisotopic (exact) mass is 468 g/mol. The number of aryl methyl sites for hydroxylation is 3. The summed E-state index contributed by atoms with van der Waals surface area (Å²) < 4.78 is 8.80. The van der Waals surface area contributed by atoms with Crippen molar-refractivity contribution < 1.29 is 9.53 Å². The molecule has 0 aliphatic carbocycles. The number of hydrogen-bond donors (Lipinski definition) is 0. The van der Waals surface area contributed by atoms with Crippen LogP contribution in [0.25, 0.3) is 22.0 Å². The maximum Gasteiger partial charge on any atom is 0.253 e. The summed E-state index contributed by atoms with van der Waals surface area (Å²) in [4.78, 5) is 29.3. The molecule has 0 radical (unpaired) electrons. The first-order valence-electron chi connectivity index (χ1n) is 11.0. The molecule has 176 valence electrons. The van der Waals surface area contributed by atoms with Crippen molar-refractivity contribution in [3.63, 3.8) is 0 Å². The number of hydrogen-bond acceptors (Lipinski definition) is 6. The number of nitriles is 1. The summed E-state index contributed by atoms with van der Waals surface area (Å²) in [5.74, 6) is 0.462.